The number of anilines is 1. The van der Waals surface area contributed by atoms with E-state index in [4.69, 9.17) is 9.15 Å². The molecule has 0 saturated carbocycles. The number of carbonyl (C=O) groups excluding carboxylic acids is 1. The van der Waals surface area contributed by atoms with E-state index in [1.807, 2.05) is 31.2 Å². The molecule has 0 atom stereocenters. The van der Waals surface area contributed by atoms with Crippen LogP contribution in [0.4, 0.5) is 23.7 Å². The molecule has 32 heavy (non-hydrogen) atoms. The van der Waals surface area contributed by atoms with Crippen LogP contribution in [-0.4, -0.2) is 47.4 Å². The highest BCUT2D eigenvalue weighted by atomic mass is 19.4. The molecule has 10 heteroatoms. The van der Waals surface area contributed by atoms with Crippen LogP contribution >= 0.6 is 0 Å². The fourth-order valence-corrected chi connectivity index (χ4v) is 3.38. The van der Waals surface area contributed by atoms with Gasteiger partial charge in [0.05, 0.1) is 19.8 Å². The maximum atomic E-state index is 13.3. The molecule has 0 aliphatic carbocycles. The summed E-state index contributed by atoms with van der Waals surface area (Å²) in [6.45, 7) is 4.25. The van der Waals surface area contributed by atoms with Gasteiger partial charge in [0.15, 0.2) is 0 Å². The van der Waals surface area contributed by atoms with Gasteiger partial charge in [-0.1, -0.05) is 24.3 Å². The van der Waals surface area contributed by atoms with E-state index in [0.717, 1.165) is 16.8 Å². The minimum Gasteiger partial charge on any atom is -0.413 e. The number of alkyl halides is 3. The second-order valence-corrected chi connectivity index (χ2v) is 7.41. The Hall–Kier alpha value is -3.40. The molecule has 1 aliphatic heterocycles. The topological polar surface area (TPSA) is 71.7 Å². The summed E-state index contributed by atoms with van der Waals surface area (Å²) in [7, 11) is 0. The molecular weight excluding hydrogens is 425 g/mol. The summed E-state index contributed by atoms with van der Waals surface area (Å²) in [5.41, 5.74) is 2.94. The molecule has 2 heterocycles. The minimum absolute atomic E-state index is 0.130. The Morgan fingerprint density at radius 2 is 1.81 bits per heavy atom. The molecule has 2 amide bonds. The minimum atomic E-state index is -4.70. The Bertz CT molecular complexity index is 1080. The molecule has 3 aromatic rings. The molecule has 0 bridgehead atoms. The molecule has 0 unspecified atom stereocenters. The summed E-state index contributed by atoms with van der Waals surface area (Å²) < 4.78 is 48.2. The second-order valence-electron chi connectivity index (χ2n) is 7.41. The smallest absolute Gasteiger partial charge is 0.413 e. The number of halogens is 3. The maximum Gasteiger partial charge on any atom is 0.470 e. The molecule has 1 aromatic heterocycles. The van der Waals surface area contributed by atoms with Crippen LogP contribution in [0.1, 0.15) is 17.0 Å². The van der Waals surface area contributed by atoms with E-state index in [1.54, 1.807) is 34.1 Å². The average molecular weight is 446 g/mol. The highest BCUT2D eigenvalue weighted by Crippen LogP contribution is 2.30. The summed E-state index contributed by atoms with van der Waals surface area (Å²) in [5, 5.41) is 6.52. The molecule has 0 radical (unpaired) electrons. The van der Waals surface area contributed by atoms with Crippen LogP contribution in [0.25, 0.3) is 11.5 Å². The SMILES string of the molecule is Cc1cccc(N(Cc2ccc(-c3nnc(C(F)(F)F)o3)cc2)C(=O)N2CCOCC2)c1. The number of urea groups is 1. The number of amides is 2. The number of aryl methyl sites for hydroxylation is 1. The second kappa shape index (κ2) is 8.99. The van der Waals surface area contributed by atoms with Crippen LogP contribution in [0, 0.1) is 6.92 Å². The highest BCUT2D eigenvalue weighted by molar-refractivity contribution is 5.92. The summed E-state index contributed by atoms with van der Waals surface area (Å²) in [4.78, 5) is 16.7. The summed E-state index contributed by atoms with van der Waals surface area (Å²) in [6, 6.07) is 14.2. The number of rotatable bonds is 4. The first-order chi connectivity index (χ1) is 15.3. The third-order valence-electron chi connectivity index (χ3n) is 5.03. The Morgan fingerprint density at radius 3 is 2.44 bits per heavy atom. The first-order valence-corrected chi connectivity index (χ1v) is 10.0. The molecule has 1 aliphatic rings. The third-order valence-corrected chi connectivity index (χ3v) is 5.03. The lowest BCUT2D eigenvalue weighted by molar-refractivity contribution is -0.156. The van der Waals surface area contributed by atoms with Gasteiger partial charge in [0, 0.05) is 24.3 Å². The zero-order valence-corrected chi connectivity index (χ0v) is 17.3. The Kier molecular flexibility index (Phi) is 6.13. The predicted octanol–water partition coefficient (Wildman–Crippen LogP) is 4.52. The lowest BCUT2D eigenvalue weighted by Crippen LogP contribution is -2.48. The molecule has 1 saturated heterocycles. The van der Waals surface area contributed by atoms with E-state index in [1.165, 1.54) is 0 Å². The molecular formula is C22H21F3N4O3. The Labute approximate surface area is 182 Å². The molecule has 1 fully saturated rings. The van der Waals surface area contributed by atoms with Crippen molar-refractivity contribution < 1.29 is 27.1 Å². The Balaban J connectivity index is 1.56. The van der Waals surface area contributed by atoms with E-state index in [-0.39, 0.29) is 18.5 Å². The van der Waals surface area contributed by atoms with Crippen LogP contribution in [0.2, 0.25) is 0 Å². The number of carbonyl (C=O) groups is 1. The number of benzene rings is 2. The van der Waals surface area contributed by atoms with Crippen LogP contribution in [0.5, 0.6) is 0 Å². The normalized spacial score (nSPS) is 14.4. The van der Waals surface area contributed by atoms with Crippen molar-refractivity contribution in [2.45, 2.75) is 19.6 Å². The molecule has 2 aromatic carbocycles. The van der Waals surface area contributed by atoms with Crippen molar-refractivity contribution in [3.63, 3.8) is 0 Å². The van der Waals surface area contributed by atoms with E-state index in [2.05, 4.69) is 10.2 Å². The van der Waals surface area contributed by atoms with Crippen molar-refractivity contribution in [3.8, 4) is 11.5 Å². The van der Waals surface area contributed by atoms with Gasteiger partial charge < -0.3 is 14.1 Å². The van der Waals surface area contributed by atoms with Gasteiger partial charge in [0.25, 0.3) is 0 Å². The summed E-state index contributed by atoms with van der Waals surface area (Å²) in [6.07, 6.45) is -4.70. The van der Waals surface area contributed by atoms with Gasteiger partial charge in [-0.3, -0.25) is 4.90 Å². The van der Waals surface area contributed by atoms with Crippen LogP contribution in [0.3, 0.4) is 0 Å². The zero-order valence-electron chi connectivity index (χ0n) is 17.3. The molecule has 0 spiro atoms. The Morgan fingerprint density at radius 1 is 1.09 bits per heavy atom. The predicted molar refractivity (Wildman–Crippen MR) is 110 cm³/mol. The number of morpholine rings is 1. The summed E-state index contributed by atoms with van der Waals surface area (Å²) >= 11 is 0. The fourth-order valence-electron chi connectivity index (χ4n) is 3.38. The monoisotopic (exact) mass is 446 g/mol. The third kappa shape index (κ3) is 4.91. The van der Waals surface area contributed by atoms with Gasteiger partial charge in [-0.15, -0.1) is 10.2 Å². The van der Waals surface area contributed by atoms with Crippen molar-refractivity contribution >= 4 is 11.7 Å². The highest BCUT2D eigenvalue weighted by Gasteiger charge is 2.38. The van der Waals surface area contributed by atoms with E-state index in [9.17, 15) is 18.0 Å². The number of aromatic nitrogens is 2. The van der Waals surface area contributed by atoms with E-state index in [0.29, 0.717) is 31.9 Å². The van der Waals surface area contributed by atoms with Crippen molar-refractivity contribution in [1.82, 2.24) is 15.1 Å². The van der Waals surface area contributed by atoms with Gasteiger partial charge in [0.2, 0.25) is 5.89 Å². The number of hydrogen-bond acceptors (Lipinski definition) is 5. The largest absolute Gasteiger partial charge is 0.470 e. The summed E-state index contributed by atoms with van der Waals surface area (Å²) in [5.74, 6) is -1.61. The van der Waals surface area contributed by atoms with Crippen LogP contribution in [-0.2, 0) is 17.5 Å². The van der Waals surface area contributed by atoms with Crippen LogP contribution in [0.15, 0.2) is 52.9 Å². The van der Waals surface area contributed by atoms with Crippen molar-refractivity contribution in [1.29, 1.82) is 0 Å². The first kappa shape index (κ1) is 21.8. The van der Waals surface area contributed by atoms with E-state index < -0.39 is 12.1 Å². The standard InChI is InChI=1S/C22H21F3N4O3/c1-15-3-2-4-18(13-15)29(21(30)28-9-11-31-12-10-28)14-16-5-7-17(8-6-16)19-26-27-20(32-19)22(23,24)25/h2-8,13H,9-12,14H2,1H3. The molecule has 0 N–H and O–H groups in total. The maximum absolute atomic E-state index is 13.3. The number of nitrogens with zero attached hydrogens (tertiary/aromatic N) is 4. The molecule has 168 valence electrons. The van der Waals surface area contributed by atoms with Crippen LogP contribution < -0.4 is 4.90 Å². The van der Waals surface area contributed by atoms with Crippen molar-refractivity contribution in [2.75, 3.05) is 31.2 Å². The number of ether oxygens (including phenoxy) is 1. The van der Waals surface area contributed by atoms with Crippen molar-refractivity contribution in [2.24, 2.45) is 0 Å². The van der Waals surface area contributed by atoms with Gasteiger partial charge in [0.1, 0.15) is 0 Å². The quantitative estimate of drug-likeness (QED) is 0.589. The lowest BCUT2D eigenvalue weighted by Gasteiger charge is -2.33. The van der Waals surface area contributed by atoms with Gasteiger partial charge in [-0.2, -0.15) is 13.2 Å². The molecule has 7 nitrogen and oxygen atoms in total. The zero-order chi connectivity index (χ0) is 22.7. The molecule has 4 rings (SSSR count). The van der Waals surface area contributed by atoms with E-state index >= 15 is 0 Å². The van der Waals surface area contributed by atoms with Crippen molar-refractivity contribution in [3.05, 3.63) is 65.5 Å². The van der Waals surface area contributed by atoms with Gasteiger partial charge in [-0.25, -0.2) is 4.79 Å². The fraction of sp³-hybridized carbons (Fsp3) is 0.318. The van der Waals surface area contributed by atoms with Gasteiger partial charge >= 0.3 is 18.1 Å². The first-order valence-electron chi connectivity index (χ1n) is 10.0. The number of hydrogen-bond donors (Lipinski definition) is 0. The lowest BCUT2D eigenvalue weighted by atomic mass is 10.1. The average Bonchev–Trinajstić information content (AvgIpc) is 3.29. The van der Waals surface area contributed by atoms with Gasteiger partial charge in [-0.05, 0) is 42.3 Å².